The van der Waals surface area contributed by atoms with Crippen molar-refractivity contribution in [1.29, 1.82) is 0 Å². The van der Waals surface area contributed by atoms with Gasteiger partial charge in [0.25, 0.3) is 0 Å². The molecule has 0 aromatic heterocycles. The Kier molecular flexibility index (Phi) is 6.57. The van der Waals surface area contributed by atoms with Crippen LogP contribution >= 0.6 is 0 Å². The van der Waals surface area contributed by atoms with Crippen LogP contribution in [0.2, 0.25) is 0 Å². The third kappa shape index (κ3) is 4.83. The lowest BCUT2D eigenvalue weighted by Gasteiger charge is -2.29. The first-order valence-electron chi connectivity index (χ1n) is 10.4. The Morgan fingerprint density at radius 3 is 1.94 bits per heavy atom. The summed E-state index contributed by atoms with van der Waals surface area (Å²) in [5, 5.41) is 0. The van der Waals surface area contributed by atoms with Gasteiger partial charge in [-0.1, -0.05) is 36.4 Å². The van der Waals surface area contributed by atoms with Crippen LogP contribution < -0.4 is 0 Å². The van der Waals surface area contributed by atoms with Crippen LogP contribution in [0.1, 0.15) is 34.6 Å². The van der Waals surface area contributed by atoms with E-state index >= 15 is 0 Å². The normalized spacial score (nSPS) is 28.9. The van der Waals surface area contributed by atoms with Crippen LogP contribution in [-0.2, 0) is 28.4 Å². The topological polar surface area (TPSA) is 89.5 Å². The van der Waals surface area contributed by atoms with Crippen LogP contribution in [0.25, 0.3) is 0 Å². The van der Waals surface area contributed by atoms with Crippen molar-refractivity contribution < 1.29 is 38.0 Å². The van der Waals surface area contributed by atoms with Crippen LogP contribution in [-0.4, -0.2) is 62.1 Å². The van der Waals surface area contributed by atoms with E-state index in [1.165, 1.54) is 7.11 Å². The molecule has 0 saturated carbocycles. The Balaban J connectivity index is 1.64. The summed E-state index contributed by atoms with van der Waals surface area (Å²) in [5.74, 6) is -2.11. The number of esters is 2. The highest BCUT2D eigenvalue weighted by Crippen LogP contribution is 2.37. The minimum absolute atomic E-state index is 0.0655. The average Bonchev–Trinajstić information content (AvgIpc) is 3.06. The summed E-state index contributed by atoms with van der Waals surface area (Å²) in [6.07, 6.45) is -4.19. The number of ether oxygens (including phenoxy) is 6. The molecule has 2 aliphatic heterocycles. The molecule has 2 aromatic carbocycles. The summed E-state index contributed by atoms with van der Waals surface area (Å²) < 4.78 is 34.9. The number of hydrogen-bond acceptors (Lipinski definition) is 8. The van der Waals surface area contributed by atoms with E-state index in [1.54, 1.807) is 74.5 Å². The Morgan fingerprint density at radius 2 is 1.38 bits per heavy atom. The lowest BCUT2D eigenvalue weighted by molar-refractivity contribution is -0.218. The van der Waals surface area contributed by atoms with Crippen molar-refractivity contribution in [3.63, 3.8) is 0 Å². The molecule has 2 aromatic rings. The molecule has 0 bridgehead atoms. The van der Waals surface area contributed by atoms with Gasteiger partial charge in [-0.3, -0.25) is 0 Å². The van der Waals surface area contributed by atoms with Gasteiger partial charge in [0.05, 0.1) is 17.7 Å². The second-order valence-electron chi connectivity index (χ2n) is 8.05. The molecule has 2 aliphatic rings. The Hall–Kier alpha value is -2.78. The highest BCUT2D eigenvalue weighted by atomic mass is 16.8. The molecule has 4 rings (SSSR count). The summed E-state index contributed by atoms with van der Waals surface area (Å²) in [5.41, 5.74) is 0.734. The van der Waals surface area contributed by atoms with E-state index in [2.05, 4.69) is 0 Å². The van der Waals surface area contributed by atoms with Gasteiger partial charge in [-0.2, -0.15) is 0 Å². The number of carbonyl (C=O) groups excluding carboxylic acids is 2. The van der Waals surface area contributed by atoms with Crippen molar-refractivity contribution in [2.45, 2.75) is 50.3 Å². The molecule has 0 radical (unpaired) electrons. The first kappa shape index (κ1) is 22.4. The third-order valence-electron chi connectivity index (χ3n) is 5.30. The molecule has 0 unspecified atom stereocenters. The maximum absolute atomic E-state index is 12.9. The van der Waals surface area contributed by atoms with Crippen molar-refractivity contribution in [3.8, 4) is 0 Å². The van der Waals surface area contributed by atoms with E-state index < -0.39 is 48.4 Å². The maximum Gasteiger partial charge on any atom is 0.338 e. The number of hydrogen-bond donors (Lipinski definition) is 0. The first-order valence-corrected chi connectivity index (χ1v) is 10.4. The highest BCUT2D eigenvalue weighted by molar-refractivity contribution is 5.90. The fourth-order valence-corrected chi connectivity index (χ4v) is 3.86. The molecule has 2 heterocycles. The van der Waals surface area contributed by atoms with Crippen molar-refractivity contribution in [1.82, 2.24) is 0 Å². The zero-order valence-electron chi connectivity index (χ0n) is 18.1. The standard InChI is InChI=1S/C24H26O8/c1-24(2)31-19-18(30-22(26)16-12-8-5-9-13-16)17(14-28-23(27-3)20(19)32-24)29-21(25)15-10-6-4-7-11-15/h4-13,17-20,23H,14H2,1-3H3/t17-,18-,19+,20-,23-/m1/s1. The van der Waals surface area contributed by atoms with Crippen molar-refractivity contribution in [2.24, 2.45) is 0 Å². The molecular formula is C24H26O8. The molecule has 2 fully saturated rings. The molecule has 32 heavy (non-hydrogen) atoms. The van der Waals surface area contributed by atoms with Gasteiger partial charge in [-0.25, -0.2) is 9.59 Å². The number of fused-ring (bicyclic) bond motifs is 1. The second kappa shape index (κ2) is 9.38. The van der Waals surface area contributed by atoms with Gasteiger partial charge in [0.15, 0.2) is 24.3 Å². The molecule has 0 N–H and O–H groups in total. The van der Waals surface area contributed by atoms with Crippen LogP contribution in [0.5, 0.6) is 0 Å². The zero-order chi connectivity index (χ0) is 22.7. The molecule has 0 aliphatic carbocycles. The molecular weight excluding hydrogens is 416 g/mol. The smallest absolute Gasteiger partial charge is 0.338 e. The van der Waals surface area contributed by atoms with E-state index in [9.17, 15) is 9.59 Å². The van der Waals surface area contributed by atoms with Crippen molar-refractivity contribution >= 4 is 11.9 Å². The molecule has 0 amide bonds. The van der Waals surface area contributed by atoms with E-state index in [1.807, 2.05) is 0 Å². The lowest BCUT2D eigenvalue weighted by atomic mass is 10.0. The van der Waals surface area contributed by atoms with Gasteiger partial charge in [0.1, 0.15) is 12.2 Å². The van der Waals surface area contributed by atoms with Crippen molar-refractivity contribution in [2.75, 3.05) is 13.7 Å². The van der Waals surface area contributed by atoms with Gasteiger partial charge >= 0.3 is 11.9 Å². The van der Waals surface area contributed by atoms with E-state index in [0.29, 0.717) is 11.1 Å². The Bertz CT molecular complexity index is 930. The highest BCUT2D eigenvalue weighted by Gasteiger charge is 2.55. The number of carbonyl (C=O) groups is 2. The summed E-state index contributed by atoms with van der Waals surface area (Å²) in [6, 6.07) is 17.1. The van der Waals surface area contributed by atoms with Crippen molar-refractivity contribution in [3.05, 3.63) is 71.8 Å². The summed E-state index contributed by atoms with van der Waals surface area (Å²) in [4.78, 5) is 25.7. The number of methoxy groups -OCH3 is 1. The Morgan fingerprint density at radius 1 is 0.844 bits per heavy atom. The van der Waals surface area contributed by atoms with Gasteiger partial charge < -0.3 is 28.4 Å². The fraction of sp³-hybridized carbons (Fsp3) is 0.417. The van der Waals surface area contributed by atoms with Crippen LogP contribution in [0.15, 0.2) is 60.7 Å². The van der Waals surface area contributed by atoms with Gasteiger partial charge in [-0.05, 0) is 38.1 Å². The fourth-order valence-electron chi connectivity index (χ4n) is 3.86. The zero-order valence-corrected chi connectivity index (χ0v) is 18.1. The molecule has 8 nitrogen and oxygen atoms in total. The largest absolute Gasteiger partial charge is 0.452 e. The average molecular weight is 442 g/mol. The lowest BCUT2D eigenvalue weighted by Crippen LogP contribution is -2.48. The predicted octanol–water partition coefficient (Wildman–Crippen LogP) is 2.96. The summed E-state index contributed by atoms with van der Waals surface area (Å²) in [7, 11) is 1.48. The molecule has 5 atom stereocenters. The SMILES string of the molecule is CO[C@@H]1OC[C@@H](OC(=O)c2ccccc2)[C@@H](OC(=O)c2ccccc2)[C@@H]2OC(C)(C)O[C@@H]12. The van der Waals surface area contributed by atoms with Gasteiger partial charge in [-0.15, -0.1) is 0 Å². The van der Waals surface area contributed by atoms with E-state index in [4.69, 9.17) is 28.4 Å². The summed E-state index contributed by atoms with van der Waals surface area (Å²) >= 11 is 0. The maximum atomic E-state index is 12.9. The molecule has 0 spiro atoms. The summed E-state index contributed by atoms with van der Waals surface area (Å²) in [6.45, 7) is 3.43. The number of rotatable bonds is 5. The second-order valence-corrected chi connectivity index (χ2v) is 8.05. The van der Waals surface area contributed by atoms with Gasteiger partial charge in [0, 0.05) is 7.11 Å². The number of benzene rings is 2. The molecule has 170 valence electrons. The van der Waals surface area contributed by atoms with Crippen LogP contribution in [0, 0.1) is 0 Å². The minimum atomic E-state index is -0.984. The van der Waals surface area contributed by atoms with Gasteiger partial charge in [0.2, 0.25) is 0 Å². The third-order valence-corrected chi connectivity index (χ3v) is 5.30. The van der Waals surface area contributed by atoms with E-state index in [-0.39, 0.29) is 6.61 Å². The Labute approximate surface area is 186 Å². The monoisotopic (exact) mass is 442 g/mol. The van der Waals surface area contributed by atoms with Crippen LogP contribution in [0.3, 0.4) is 0 Å². The molecule has 2 saturated heterocycles. The quantitative estimate of drug-likeness (QED) is 0.653. The molecule has 8 heteroatoms. The van der Waals surface area contributed by atoms with E-state index in [0.717, 1.165) is 0 Å². The predicted molar refractivity (Wildman–Crippen MR) is 112 cm³/mol. The first-order chi connectivity index (χ1) is 15.4. The van der Waals surface area contributed by atoms with Crippen LogP contribution in [0.4, 0.5) is 0 Å². The minimum Gasteiger partial charge on any atom is -0.452 e.